The molecular weight excluding hydrogens is 212 g/mol. The van der Waals surface area contributed by atoms with E-state index < -0.39 is 17.4 Å². The maximum absolute atomic E-state index is 11.5. The van der Waals surface area contributed by atoms with Gasteiger partial charge in [-0.05, 0) is 12.8 Å². The van der Waals surface area contributed by atoms with Gasteiger partial charge in [-0.3, -0.25) is 9.78 Å². The summed E-state index contributed by atoms with van der Waals surface area (Å²) >= 11 is 0. The lowest BCUT2D eigenvalue weighted by Crippen LogP contribution is -2.31. The number of rotatable bonds is 2. The number of aliphatic hydroxyl groups is 1. The Labute approximate surface area is 91.3 Å². The number of hydrogen-bond acceptors (Lipinski definition) is 4. The fraction of sp³-hybridized carbons (Fsp3) is 0.600. The van der Waals surface area contributed by atoms with Gasteiger partial charge in [0, 0.05) is 24.8 Å². The van der Waals surface area contributed by atoms with Gasteiger partial charge in [-0.25, -0.2) is 4.79 Å². The summed E-state index contributed by atoms with van der Waals surface area (Å²) in [6.07, 6.45) is 1.82. The topological polar surface area (TPSA) is 95.2 Å². The van der Waals surface area contributed by atoms with Gasteiger partial charge in [0.1, 0.15) is 0 Å². The number of aliphatic hydroxyl groups excluding tert-OH is 1. The Hall–Kier alpha value is -1.40. The Morgan fingerprint density at radius 2 is 2.19 bits per heavy atom. The van der Waals surface area contributed by atoms with Crippen LogP contribution in [0.2, 0.25) is 0 Å². The Morgan fingerprint density at radius 3 is 2.75 bits per heavy atom. The third-order valence-corrected chi connectivity index (χ3v) is 3.11. The van der Waals surface area contributed by atoms with Crippen molar-refractivity contribution in [2.24, 2.45) is 0 Å². The van der Waals surface area contributed by atoms with E-state index in [0.29, 0.717) is 18.4 Å². The fourth-order valence-electron chi connectivity index (χ4n) is 2.24. The number of hydrogen-bond donors (Lipinski definition) is 3. The molecule has 1 aromatic rings. The first kappa shape index (κ1) is 11.1. The van der Waals surface area contributed by atoms with Crippen LogP contribution in [-0.4, -0.2) is 34.4 Å². The molecule has 0 amide bonds. The van der Waals surface area contributed by atoms with Gasteiger partial charge in [-0.2, -0.15) is 0 Å². The second kappa shape index (κ2) is 4.23. The van der Waals surface area contributed by atoms with E-state index in [2.05, 4.69) is 9.97 Å². The first-order valence-electron chi connectivity index (χ1n) is 5.16. The average Bonchev–Trinajstić information content (AvgIpc) is 2.60. The molecule has 0 aromatic carbocycles. The molecule has 1 heterocycles. The van der Waals surface area contributed by atoms with Gasteiger partial charge in [-0.1, -0.05) is 0 Å². The number of H-pyrrole nitrogens is 2. The quantitative estimate of drug-likeness (QED) is 0.622. The van der Waals surface area contributed by atoms with Crippen molar-refractivity contribution in [1.29, 1.82) is 0 Å². The molecule has 16 heavy (non-hydrogen) atoms. The monoisotopic (exact) mass is 226 g/mol. The Balaban J connectivity index is 2.32. The minimum absolute atomic E-state index is 0.240. The number of methoxy groups -OCH3 is 1. The van der Waals surface area contributed by atoms with Gasteiger partial charge >= 0.3 is 5.69 Å². The van der Waals surface area contributed by atoms with E-state index in [0.717, 1.165) is 0 Å². The molecule has 1 aromatic heterocycles. The molecule has 0 unspecified atom stereocenters. The molecule has 0 spiro atoms. The van der Waals surface area contributed by atoms with Crippen LogP contribution >= 0.6 is 0 Å². The molecule has 0 bridgehead atoms. The highest BCUT2D eigenvalue weighted by atomic mass is 16.5. The van der Waals surface area contributed by atoms with Gasteiger partial charge in [-0.15, -0.1) is 0 Å². The molecule has 88 valence electrons. The lowest BCUT2D eigenvalue weighted by atomic mass is 9.98. The molecule has 1 saturated carbocycles. The molecule has 0 aliphatic heterocycles. The molecule has 0 saturated heterocycles. The zero-order chi connectivity index (χ0) is 11.7. The van der Waals surface area contributed by atoms with E-state index in [1.54, 1.807) is 0 Å². The Kier molecular flexibility index (Phi) is 2.93. The van der Waals surface area contributed by atoms with Crippen molar-refractivity contribution in [1.82, 2.24) is 9.97 Å². The third kappa shape index (κ3) is 1.81. The number of aromatic nitrogens is 2. The lowest BCUT2D eigenvalue weighted by molar-refractivity contribution is 0.00317. The van der Waals surface area contributed by atoms with Gasteiger partial charge in [0.05, 0.1) is 12.2 Å². The second-order valence-corrected chi connectivity index (χ2v) is 3.98. The Morgan fingerprint density at radius 1 is 1.44 bits per heavy atom. The molecular formula is C10H14N2O4. The summed E-state index contributed by atoms with van der Waals surface area (Å²) in [7, 11) is 1.54. The summed E-state index contributed by atoms with van der Waals surface area (Å²) in [4.78, 5) is 27.0. The third-order valence-electron chi connectivity index (χ3n) is 3.11. The predicted molar refractivity (Wildman–Crippen MR) is 56.5 cm³/mol. The van der Waals surface area contributed by atoms with E-state index in [1.165, 1.54) is 13.3 Å². The standard InChI is InChI=1S/C10H14N2O4/c1-16-7-3-2-5(8(7)13)6-4-11-10(15)12-9(6)14/h4-5,7-8,13H,2-3H2,1H3,(H2,11,12,14,15)/t5-,7+,8+/m0/s1. The van der Waals surface area contributed by atoms with E-state index >= 15 is 0 Å². The van der Waals surface area contributed by atoms with E-state index in [4.69, 9.17) is 4.74 Å². The second-order valence-electron chi connectivity index (χ2n) is 3.98. The molecule has 2 rings (SSSR count). The molecule has 6 heteroatoms. The van der Waals surface area contributed by atoms with Crippen molar-refractivity contribution < 1.29 is 9.84 Å². The zero-order valence-corrected chi connectivity index (χ0v) is 8.90. The van der Waals surface area contributed by atoms with Gasteiger partial charge < -0.3 is 14.8 Å². The zero-order valence-electron chi connectivity index (χ0n) is 8.90. The summed E-state index contributed by atoms with van der Waals surface area (Å²) in [5, 5.41) is 9.93. The molecule has 0 radical (unpaired) electrons. The fourth-order valence-corrected chi connectivity index (χ4v) is 2.24. The van der Waals surface area contributed by atoms with Crippen molar-refractivity contribution in [3.63, 3.8) is 0 Å². The Bertz CT molecular complexity index is 478. The smallest absolute Gasteiger partial charge is 0.325 e. The van der Waals surface area contributed by atoms with Crippen molar-refractivity contribution in [2.45, 2.75) is 31.0 Å². The molecule has 1 aliphatic carbocycles. The molecule has 3 atom stereocenters. The van der Waals surface area contributed by atoms with Crippen molar-refractivity contribution in [3.8, 4) is 0 Å². The highest BCUT2D eigenvalue weighted by molar-refractivity contribution is 5.16. The number of nitrogens with one attached hydrogen (secondary N) is 2. The van der Waals surface area contributed by atoms with Crippen LogP contribution in [-0.2, 0) is 4.74 Å². The largest absolute Gasteiger partial charge is 0.390 e. The van der Waals surface area contributed by atoms with E-state index in [1.807, 2.05) is 0 Å². The van der Waals surface area contributed by atoms with Crippen LogP contribution in [0, 0.1) is 0 Å². The first-order valence-corrected chi connectivity index (χ1v) is 5.16. The molecule has 3 N–H and O–H groups in total. The molecule has 6 nitrogen and oxygen atoms in total. The van der Waals surface area contributed by atoms with Crippen LogP contribution in [0.15, 0.2) is 15.8 Å². The van der Waals surface area contributed by atoms with Crippen LogP contribution < -0.4 is 11.2 Å². The first-order chi connectivity index (χ1) is 7.63. The lowest BCUT2D eigenvalue weighted by Gasteiger charge is -2.17. The average molecular weight is 226 g/mol. The van der Waals surface area contributed by atoms with Crippen LogP contribution in [0.4, 0.5) is 0 Å². The summed E-state index contributed by atoms with van der Waals surface area (Å²) in [6, 6.07) is 0. The highest BCUT2D eigenvalue weighted by Crippen LogP contribution is 2.34. The summed E-state index contributed by atoms with van der Waals surface area (Å²) in [6.45, 7) is 0. The van der Waals surface area contributed by atoms with Crippen LogP contribution in [0.3, 0.4) is 0 Å². The minimum atomic E-state index is -0.697. The van der Waals surface area contributed by atoms with Crippen molar-refractivity contribution >= 4 is 0 Å². The van der Waals surface area contributed by atoms with E-state index in [-0.39, 0.29) is 12.0 Å². The molecule has 1 aliphatic rings. The summed E-state index contributed by atoms with van der Waals surface area (Å²) in [5.74, 6) is -0.273. The molecule has 1 fully saturated rings. The van der Waals surface area contributed by atoms with Crippen LogP contribution in [0.1, 0.15) is 24.3 Å². The summed E-state index contributed by atoms with van der Waals surface area (Å²) < 4.78 is 5.10. The summed E-state index contributed by atoms with van der Waals surface area (Å²) in [5.41, 5.74) is -0.569. The number of ether oxygens (including phenoxy) is 1. The highest BCUT2D eigenvalue weighted by Gasteiger charge is 2.37. The normalized spacial score (nSPS) is 29.5. The van der Waals surface area contributed by atoms with Gasteiger partial charge in [0.25, 0.3) is 5.56 Å². The maximum atomic E-state index is 11.5. The van der Waals surface area contributed by atoms with Crippen molar-refractivity contribution in [3.05, 3.63) is 32.6 Å². The predicted octanol–water partition coefficient (Wildman–Crippen LogP) is -0.684. The SMILES string of the molecule is CO[C@@H]1CC[C@@H](c2c[nH]c(=O)[nH]c2=O)[C@H]1O. The van der Waals surface area contributed by atoms with Gasteiger partial charge in [0.15, 0.2) is 0 Å². The van der Waals surface area contributed by atoms with Crippen molar-refractivity contribution in [2.75, 3.05) is 7.11 Å². The van der Waals surface area contributed by atoms with Gasteiger partial charge in [0.2, 0.25) is 0 Å². The maximum Gasteiger partial charge on any atom is 0.325 e. The van der Waals surface area contributed by atoms with Crippen LogP contribution in [0.25, 0.3) is 0 Å². The van der Waals surface area contributed by atoms with Crippen LogP contribution in [0.5, 0.6) is 0 Å². The minimum Gasteiger partial charge on any atom is -0.390 e. The number of aromatic amines is 2. The van der Waals surface area contributed by atoms with E-state index in [9.17, 15) is 14.7 Å².